The van der Waals surface area contributed by atoms with Gasteiger partial charge in [-0.2, -0.15) is 0 Å². The molecule has 0 saturated carbocycles. The minimum absolute atomic E-state index is 0.0172. The number of aryl methyl sites for hydroxylation is 2. The SMILES string of the molecule is Cc1cccc(C)c1C(=O)NC(C)Cc1ccc(I)cc1.O=COP. The Bertz CT molecular complexity index is 684. The first kappa shape index (κ1) is 21.6. The first-order valence-corrected chi connectivity index (χ1v) is 9.34. The first-order chi connectivity index (χ1) is 11.9. The van der Waals surface area contributed by atoms with Gasteiger partial charge in [-0.3, -0.25) is 9.59 Å². The Balaban J connectivity index is 0.000000705. The molecule has 1 amide bonds. The third kappa shape index (κ3) is 7.53. The minimum atomic E-state index is 0.0172. The molecule has 25 heavy (non-hydrogen) atoms. The molecule has 0 saturated heterocycles. The maximum absolute atomic E-state index is 12.4. The van der Waals surface area contributed by atoms with E-state index < -0.39 is 0 Å². The van der Waals surface area contributed by atoms with E-state index >= 15 is 0 Å². The van der Waals surface area contributed by atoms with E-state index in [1.165, 1.54) is 9.13 Å². The van der Waals surface area contributed by atoms with Crippen molar-refractivity contribution in [3.05, 3.63) is 68.3 Å². The largest absolute Gasteiger partial charge is 0.454 e. The van der Waals surface area contributed by atoms with Crippen LogP contribution in [0.2, 0.25) is 0 Å². The highest BCUT2D eigenvalue weighted by molar-refractivity contribution is 14.1. The Morgan fingerprint density at radius 3 is 2.20 bits per heavy atom. The summed E-state index contributed by atoms with van der Waals surface area (Å²) in [6.45, 7) is 6.34. The molecular weight excluding hydrogens is 448 g/mol. The van der Waals surface area contributed by atoms with Crippen molar-refractivity contribution in [2.24, 2.45) is 0 Å². The van der Waals surface area contributed by atoms with Crippen LogP contribution in [0.15, 0.2) is 42.5 Å². The summed E-state index contributed by atoms with van der Waals surface area (Å²) in [4.78, 5) is 21.4. The standard InChI is InChI=1S/C18H20INO.CH3O2P/c1-12-5-4-6-13(2)17(12)18(21)20-14(3)11-15-7-9-16(19)10-8-15;2-1-3-4/h4-10,14H,11H2,1-3H3,(H,20,21);1H,4H2. The molecule has 134 valence electrons. The number of benzene rings is 2. The fraction of sp³-hybridized carbons (Fsp3) is 0.263. The summed E-state index contributed by atoms with van der Waals surface area (Å²) in [6.07, 6.45) is 0.841. The summed E-state index contributed by atoms with van der Waals surface area (Å²) in [6, 6.07) is 14.5. The highest BCUT2D eigenvalue weighted by atomic mass is 127. The molecule has 0 aliphatic carbocycles. The summed E-state index contributed by atoms with van der Waals surface area (Å²) in [5, 5.41) is 3.10. The van der Waals surface area contributed by atoms with Crippen LogP contribution in [0.3, 0.4) is 0 Å². The molecule has 2 unspecified atom stereocenters. The Hall–Kier alpha value is -1.46. The van der Waals surface area contributed by atoms with Gasteiger partial charge in [0.15, 0.2) is 0 Å². The van der Waals surface area contributed by atoms with Gasteiger partial charge < -0.3 is 9.84 Å². The Labute approximate surface area is 165 Å². The zero-order chi connectivity index (χ0) is 18.8. The molecule has 0 heterocycles. The molecule has 0 fully saturated rings. The van der Waals surface area contributed by atoms with Gasteiger partial charge >= 0.3 is 0 Å². The smallest absolute Gasteiger partial charge is 0.295 e. The Morgan fingerprint density at radius 2 is 1.72 bits per heavy atom. The molecule has 6 heteroatoms. The van der Waals surface area contributed by atoms with E-state index in [9.17, 15) is 4.79 Å². The van der Waals surface area contributed by atoms with Gasteiger partial charge in [-0.05, 0) is 78.6 Å². The number of hydrogen-bond acceptors (Lipinski definition) is 3. The van der Waals surface area contributed by atoms with E-state index in [0.717, 1.165) is 23.1 Å². The summed E-state index contributed by atoms with van der Waals surface area (Å²) in [5.74, 6) is 0.0172. The zero-order valence-corrected chi connectivity index (χ0v) is 17.9. The second-order valence-corrected chi connectivity index (χ2v) is 7.22. The monoisotopic (exact) mass is 471 g/mol. The molecule has 2 rings (SSSR count). The van der Waals surface area contributed by atoms with Crippen LogP contribution < -0.4 is 5.32 Å². The van der Waals surface area contributed by atoms with Crippen LogP contribution in [0.4, 0.5) is 0 Å². The van der Waals surface area contributed by atoms with Crippen LogP contribution in [-0.2, 0) is 15.7 Å². The van der Waals surface area contributed by atoms with Crippen LogP contribution >= 0.6 is 32.1 Å². The van der Waals surface area contributed by atoms with Gasteiger partial charge in [0, 0.05) is 15.2 Å². The fourth-order valence-electron chi connectivity index (χ4n) is 2.49. The fourth-order valence-corrected chi connectivity index (χ4v) is 2.85. The number of amides is 1. The van der Waals surface area contributed by atoms with Gasteiger partial charge in [-0.1, -0.05) is 30.3 Å². The van der Waals surface area contributed by atoms with Gasteiger partial charge in [0.2, 0.25) is 0 Å². The number of nitrogens with one attached hydrogen (secondary N) is 1. The molecule has 2 aromatic rings. The average Bonchev–Trinajstić information content (AvgIpc) is 2.57. The Kier molecular flexibility index (Phi) is 9.68. The molecule has 1 N–H and O–H groups in total. The van der Waals surface area contributed by atoms with E-state index in [0.29, 0.717) is 6.47 Å². The molecule has 0 aromatic heterocycles. The second kappa shape index (κ2) is 11.2. The summed E-state index contributed by atoms with van der Waals surface area (Å²) < 4.78 is 5.00. The normalized spacial score (nSPS) is 10.9. The highest BCUT2D eigenvalue weighted by Gasteiger charge is 2.14. The van der Waals surface area contributed by atoms with Crippen LogP contribution in [0.1, 0.15) is 34.0 Å². The van der Waals surface area contributed by atoms with Crippen molar-refractivity contribution >= 4 is 44.4 Å². The quantitative estimate of drug-likeness (QED) is 0.404. The van der Waals surface area contributed by atoms with Crippen LogP contribution in [0.5, 0.6) is 0 Å². The number of carbonyl (C=O) groups is 2. The van der Waals surface area contributed by atoms with E-state index in [-0.39, 0.29) is 11.9 Å². The summed E-state index contributed by atoms with van der Waals surface area (Å²) in [7, 11) is 1.79. The van der Waals surface area contributed by atoms with Crippen molar-refractivity contribution in [1.82, 2.24) is 5.32 Å². The lowest BCUT2D eigenvalue weighted by Gasteiger charge is -2.16. The maximum atomic E-state index is 12.4. The van der Waals surface area contributed by atoms with E-state index in [1.807, 2.05) is 39.0 Å². The molecule has 0 bridgehead atoms. The molecule has 0 radical (unpaired) electrons. The average molecular weight is 471 g/mol. The van der Waals surface area contributed by atoms with Crippen LogP contribution in [0, 0.1) is 17.4 Å². The zero-order valence-electron chi connectivity index (χ0n) is 14.6. The van der Waals surface area contributed by atoms with Gasteiger partial charge in [-0.25, -0.2) is 0 Å². The van der Waals surface area contributed by atoms with E-state index in [1.54, 1.807) is 9.47 Å². The third-order valence-electron chi connectivity index (χ3n) is 3.60. The second-order valence-electron chi connectivity index (χ2n) is 5.70. The lowest BCUT2D eigenvalue weighted by atomic mass is 10.0. The molecular formula is C19H23INO3P. The lowest BCUT2D eigenvalue weighted by Crippen LogP contribution is -2.34. The predicted molar refractivity (Wildman–Crippen MR) is 113 cm³/mol. The molecule has 2 aromatic carbocycles. The van der Waals surface area contributed by atoms with Crippen molar-refractivity contribution < 1.29 is 14.1 Å². The molecule has 0 aliphatic rings. The molecule has 2 atom stereocenters. The maximum Gasteiger partial charge on any atom is 0.295 e. The number of carbonyl (C=O) groups excluding carboxylic acids is 2. The molecule has 4 nitrogen and oxygen atoms in total. The Morgan fingerprint density at radius 1 is 1.20 bits per heavy atom. The molecule has 0 spiro atoms. The van der Waals surface area contributed by atoms with E-state index in [4.69, 9.17) is 4.79 Å². The highest BCUT2D eigenvalue weighted by Crippen LogP contribution is 2.14. The van der Waals surface area contributed by atoms with Crippen LogP contribution in [0.25, 0.3) is 0 Å². The molecule has 0 aliphatic heterocycles. The third-order valence-corrected chi connectivity index (χ3v) is 4.43. The van der Waals surface area contributed by atoms with Gasteiger partial charge in [0.05, 0.1) is 9.47 Å². The van der Waals surface area contributed by atoms with Crippen molar-refractivity contribution in [2.45, 2.75) is 33.2 Å². The van der Waals surface area contributed by atoms with Crippen molar-refractivity contribution in [1.29, 1.82) is 0 Å². The van der Waals surface area contributed by atoms with Crippen molar-refractivity contribution in [3.63, 3.8) is 0 Å². The van der Waals surface area contributed by atoms with Crippen LogP contribution in [-0.4, -0.2) is 18.4 Å². The topological polar surface area (TPSA) is 55.4 Å². The van der Waals surface area contributed by atoms with Gasteiger partial charge in [0.1, 0.15) is 0 Å². The minimum Gasteiger partial charge on any atom is -0.454 e. The predicted octanol–water partition coefficient (Wildman–Crippen LogP) is 4.22. The van der Waals surface area contributed by atoms with Crippen molar-refractivity contribution in [2.75, 3.05) is 0 Å². The number of hydrogen-bond donors (Lipinski definition) is 1. The number of halogens is 1. The number of rotatable bonds is 5. The van der Waals surface area contributed by atoms with E-state index in [2.05, 4.69) is 56.7 Å². The summed E-state index contributed by atoms with van der Waals surface area (Å²) >= 11 is 2.30. The summed E-state index contributed by atoms with van der Waals surface area (Å²) in [5.41, 5.74) is 4.08. The first-order valence-electron chi connectivity index (χ1n) is 7.79. The van der Waals surface area contributed by atoms with Gasteiger partial charge in [-0.15, -0.1) is 0 Å². The lowest BCUT2D eigenvalue weighted by molar-refractivity contribution is -0.119. The van der Waals surface area contributed by atoms with Gasteiger partial charge in [0.25, 0.3) is 12.4 Å². The van der Waals surface area contributed by atoms with Crippen molar-refractivity contribution in [3.8, 4) is 0 Å².